The van der Waals surface area contributed by atoms with Crippen LogP contribution < -0.4 is 0 Å². The summed E-state index contributed by atoms with van der Waals surface area (Å²) in [6.45, 7) is 1.20. The fourth-order valence-electron chi connectivity index (χ4n) is 5.69. The Balaban J connectivity index is 0.000000184. The summed E-state index contributed by atoms with van der Waals surface area (Å²) in [7, 11) is 0. The number of pyridine rings is 4. The van der Waals surface area contributed by atoms with Crippen molar-refractivity contribution in [3.05, 3.63) is 143 Å². The van der Waals surface area contributed by atoms with Crippen molar-refractivity contribution in [3.63, 3.8) is 0 Å². The molecule has 0 fully saturated rings. The van der Waals surface area contributed by atoms with Crippen molar-refractivity contribution in [1.29, 1.82) is 5.26 Å². The lowest BCUT2D eigenvalue weighted by atomic mass is 10.1. The van der Waals surface area contributed by atoms with Crippen LogP contribution in [-0.2, 0) is 13.1 Å². The van der Waals surface area contributed by atoms with Gasteiger partial charge >= 0.3 is 5.97 Å². The number of hydrogen-bond donors (Lipinski definition) is 1. The first-order valence-corrected chi connectivity index (χ1v) is 15.2. The lowest BCUT2D eigenvalue weighted by molar-refractivity contribution is 0.0698. The maximum atomic E-state index is 11.4. The van der Waals surface area contributed by atoms with Crippen LogP contribution in [0.15, 0.2) is 110 Å². The van der Waals surface area contributed by atoms with Crippen LogP contribution >= 0.6 is 23.2 Å². The quantitative estimate of drug-likeness (QED) is 0.191. The molecule has 0 unspecified atom stereocenters. The number of carboxylic acids is 1. The number of hydrogen-bond acceptors (Lipinski definition) is 6. The van der Waals surface area contributed by atoms with E-state index in [-0.39, 0.29) is 20.4 Å². The fraction of sp³-hybridized carbons (Fsp3) is 0.105. The number of nitrogens with zero attached hydrogens (tertiary/aromatic N) is 7. The SMILES string of the molecule is C.C.N#Cc1cn(Cc2ccc3ncc(Cl)cc3c2)c2cnccc12.O=C(O)c1cn(Cc2ccc3ncc(Cl)cc3c2)c2cnccc12. The van der Waals surface area contributed by atoms with Crippen LogP contribution in [0.2, 0.25) is 10.0 Å². The summed E-state index contributed by atoms with van der Waals surface area (Å²) in [6, 6.07) is 21.6. The second-order valence-electron chi connectivity index (χ2n) is 10.9. The Hall–Kier alpha value is -5.82. The molecule has 0 spiro atoms. The zero-order chi connectivity index (χ0) is 32.5. The second-order valence-corrected chi connectivity index (χ2v) is 11.8. The van der Waals surface area contributed by atoms with E-state index in [0.29, 0.717) is 34.1 Å². The lowest BCUT2D eigenvalue weighted by Gasteiger charge is -2.07. The van der Waals surface area contributed by atoms with Crippen LogP contribution in [0.4, 0.5) is 0 Å². The molecule has 244 valence electrons. The number of rotatable bonds is 5. The summed E-state index contributed by atoms with van der Waals surface area (Å²) < 4.78 is 3.94. The van der Waals surface area contributed by atoms with Gasteiger partial charge in [0.25, 0.3) is 0 Å². The third kappa shape index (κ3) is 7.06. The van der Waals surface area contributed by atoms with Crippen LogP contribution in [0.25, 0.3) is 43.6 Å². The number of carbonyl (C=O) groups is 1. The second kappa shape index (κ2) is 14.5. The zero-order valence-corrected chi connectivity index (χ0v) is 26.1. The van der Waals surface area contributed by atoms with E-state index >= 15 is 0 Å². The van der Waals surface area contributed by atoms with Crippen molar-refractivity contribution < 1.29 is 9.90 Å². The lowest BCUT2D eigenvalue weighted by Crippen LogP contribution is -1.99. The number of aromatic nitrogens is 6. The largest absolute Gasteiger partial charge is 0.478 e. The smallest absolute Gasteiger partial charge is 0.337 e. The first kappa shape index (κ1) is 34.5. The summed E-state index contributed by atoms with van der Waals surface area (Å²) in [5.41, 5.74) is 6.61. The maximum Gasteiger partial charge on any atom is 0.337 e. The number of fused-ring (bicyclic) bond motifs is 4. The molecule has 6 heterocycles. The third-order valence-electron chi connectivity index (χ3n) is 7.85. The first-order valence-electron chi connectivity index (χ1n) is 14.4. The van der Waals surface area contributed by atoms with Gasteiger partial charge in [-0.1, -0.05) is 50.2 Å². The molecule has 8 aromatic rings. The molecule has 0 amide bonds. The van der Waals surface area contributed by atoms with Crippen molar-refractivity contribution in [2.45, 2.75) is 27.9 Å². The predicted octanol–water partition coefficient (Wildman–Crippen LogP) is 9.41. The number of aromatic carboxylic acids is 1. The van der Waals surface area contributed by atoms with Crippen LogP contribution in [0.1, 0.15) is 41.9 Å². The van der Waals surface area contributed by atoms with E-state index in [1.165, 1.54) is 0 Å². The topological polar surface area (TPSA) is 123 Å². The van der Waals surface area contributed by atoms with Crippen LogP contribution in [0.5, 0.6) is 0 Å². The number of nitriles is 1. The highest BCUT2D eigenvalue weighted by Crippen LogP contribution is 2.25. The summed E-state index contributed by atoms with van der Waals surface area (Å²) in [5, 5.41) is 23.4. The maximum absolute atomic E-state index is 11.4. The molecule has 0 aliphatic heterocycles. The molecule has 0 aliphatic carbocycles. The van der Waals surface area contributed by atoms with Gasteiger partial charge in [0.2, 0.25) is 0 Å². The van der Waals surface area contributed by atoms with Gasteiger partial charge in [-0.25, -0.2) is 4.79 Å². The van der Waals surface area contributed by atoms with Gasteiger partial charge in [-0.05, 0) is 59.7 Å². The van der Waals surface area contributed by atoms with Crippen molar-refractivity contribution in [1.82, 2.24) is 29.1 Å². The molecule has 1 N–H and O–H groups in total. The molecular formula is C38H31Cl2N7O2. The van der Waals surface area contributed by atoms with E-state index in [1.54, 1.807) is 49.4 Å². The summed E-state index contributed by atoms with van der Waals surface area (Å²) in [6.07, 6.45) is 13.6. The Morgan fingerprint density at radius 1 is 0.714 bits per heavy atom. The van der Waals surface area contributed by atoms with E-state index in [9.17, 15) is 15.2 Å². The first-order chi connectivity index (χ1) is 22.9. The summed E-state index contributed by atoms with van der Waals surface area (Å²) in [5.74, 6) is -0.945. The fourth-order valence-corrected chi connectivity index (χ4v) is 6.03. The molecule has 0 aliphatic rings. The number of carboxylic acid groups (broad SMARTS) is 1. The molecule has 2 aromatic carbocycles. The van der Waals surface area contributed by atoms with Crippen LogP contribution in [-0.4, -0.2) is 40.1 Å². The highest BCUT2D eigenvalue weighted by molar-refractivity contribution is 6.31. The van der Waals surface area contributed by atoms with Crippen LogP contribution in [0, 0.1) is 11.3 Å². The molecule has 11 heteroatoms. The molecule has 0 saturated carbocycles. The van der Waals surface area contributed by atoms with Crippen LogP contribution in [0.3, 0.4) is 0 Å². The average molecular weight is 689 g/mol. The Bertz CT molecular complexity index is 2520. The molecule has 0 saturated heterocycles. The van der Waals surface area contributed by atoms with E-state index in [4.69, 9.17) is 23.2 Å². The van der Waals surface area contributed by atoms with Gasteiger partial charge in [0.1, 0.15) is 6.07 Å². The third-order valence-corrected chi connectivity index (χ3v) is 8.26. The van der Waals surface area contributed by atoms with Gasteiger partial charge in [0.05, 0.1) is 55.6 Å². The minimum Gasteiger partial charge on any atom is -0.478 e. The predicted molar refractivity (Wildman–Crippen MR) is 196 cm³/mol. The van der Waals surface area contributed by atoms with E-state index < -0.39 is 5.97 Å². The van der Waals surface area contributed by atoms with E-state index in [1.807, 2.05) is 63.9 Å². The highest BCUT2D eigenvalue weighted by atomic mass is 35.5. The van der Waals surface area contributed by atoms with Gasteiger partial charge in [-0.15, -0.1) is 0 Å². The van der Waals surface area contributed by atoms with Gasteiger partial charge in [0.15, 0.2) is 0 Å². The van der Waals surface area contributed by atoms with Gasteiger partial charge in [0, 0.05) is 71.8 Å². The molecule has 49 heavy (non-hydrogen) atoms. The molecule has 0 atom stereocenters. The molecular weight excluding hydrogens is 657 g/mol. The van der Waals surface area contributed by atoms with Crippen molar-refractivity contribution in [2.24, 2.45) is 0 Å². The Kier molecular flexibility index (Phi) is 10.2. The van der Waals surface area contributed by atoms with Gasteiger partial charge < -0.3 is 14.2 Å². The van der Waals surface area contributed by atoms with E-state index in [0.717, 1.165) is 49.4 Å². The Morgan fingerprint density at radius 3 is 1.76 bits per heavy atom. The van der Waals surface area contributed by atoms with Gasteiger partial charge in [-0.2, -0.15) is 5.26 Å². The number of halogens is 2. The van der Waals surface area contributed by atoms with Crippen molar-refractivity contribution in [3.8, 4) is 6.07 Å². The molecule has 0 bridgehead atoms. The molecule has 0 radical (unpaired) electrons. The zero-order valence-electron chi connectivity index (χ0n) is 24.5. The molecule has 9 nitrogen and oxygen atoms in total. The summed E-state index contributed by atoms with van der Waals surface area (Å²) >= 11 is 12.0. The van der Waals surface area contributed by atoms with Gasteiger partial charge in [-0.3, -0.25) is 19.9 Å². The average Bonchev–Trinajstić information content (AvgIpc) is 3.63. The minimum absolute atomic E-state index is 0. The normalized spacial score (nSPS) is 10.6. The minimum atomic E-state index is -0.945. The molecule has 8 rings (SSSR count). The molecule has 6 aromatic heterocycles. The monoisotopic (exact) mass is 687 g/mol. The Labute approximate surface area is 292 Å². The Morgan fingerprint density at radius 2 is 1.22 bits per heavy atom. The highest BCUT2D eigenvalue weighted by Gasteiger charge is 2.14. The van der Waals surface area contributed by atoms with E-state index in [2.05, 4.69) is 32.1 Å². The van der Waals surface area contributed by atoms with Crippen molar-refractivity contribution in [2.75, 3.05) is 0 Å². The van der Waals surface area contributed by atoms with Crippen molar-refractivity contribution >= 4 is 72.8 Å². The summed E-state index contributed by atoms with van der Waals surface area (Å²) in [4.78, 5) is 28.3. The standard InChI is InChI=1S/C18H11ClN4.C18H12ClN3O2.2CH4/c19-15-6-13-5-12(1-2-17(13)22-8-15)10-23-11-14(7-20)16-3-4-21-9-18(16)23;19-13-6-12-5-11(1-2-16(12)21-7-13)9-22-10-15(18(23)24)14-3-4-20-8-17(14)22;;/h1-6,8-9,11H,10H2;1-8,10H,9H2,(H,23,24);2*1H4. The number of benzene rings is 2.